The highest BCUT2D eigenvalue weighted by atomic mass is 32.1. The van der Waals surface area contributed by atoms with Crippen LogP contribution in [0.1, 0.15) is 23.4 Å². The van der Waals surface area contributed by atoms with Crippen molar-refractivity contribution in [3.05, 3.63) is 59.1 Å². The highest BCUT2D eigenvalue weighted by Gasteiger charge is 2.24. The van der Waals surface area contributed by atoms with Gasteiger partial charge in [0.05, 0.1) is 21.1 Å². The minimum Gasteiger partial charge on any atom is -0.492 e. The molecule has 0 bridgehead atoms. The number of thiazole rings is 1. The van der Waals surface area contributed by atoms with Crippen LogP contribution in [0.15, 0.2) is 48.5 Å². The molecular formula is C22H24N2O3S. The van der Waals surface area contributed by atoms with E-state index >= 15 is 0 Å². The van der Waals surface area contributed by atoms with E-state index in [0.717, 1.165) is 55.2 Å². The Labute approximate surface area is 168 Å². The third kappa shape index (κ3) is 4.69. The van der Waals surface area contributed by atoms with Crippen LogP contribution in [0.5, 0.6) is 5.75 Å². The van der Waals surface area contributed by atoms with Crippen LogP contribution >= 0.6 is 11.3 Å². The summed E-state index contributed by atoms with van der Waals surface area (Å²) in [4.78, 5) is 18.0. The van der Waals surface area contributed by atoms with Gasteiger partial charge in [-0.2, -0.15) is 0 Å². The van der Waals surface area contributed by atoms with Gasteiger partial charge in [0.15, 0.2) is 0 Å². The molecule has 1 aliphatic rings. The van der Waals surface area contributed by atoms with Crippen LogP contribution in [-0.4, -0.2) is 47.2 Å². The summed E-state index contributed by atoms with van der Waals surface area (Å²) in [5.74, 6) is 0.0236. The number of benzene rings is 2. The maximum atomic E-state index is 11.0. The number of hydrogen-bond acceptors (Lipinski definition) is 5. The van der Waals surface area contributed by atoms with Gasteiger partial charge >= 0.3 is 5.97 Å². The van der Waals surface area contributed by atoms with Gasteiger partial charge in [-0.15, -0.1) is 11.3 Å². The number of carboxylic acids is 1. The van der Waals surface area contributed by atoms with Gasteiger partial charge in [0.2, 0.25) is 0 Å². The van der Waals surface area contributed by atoms with Crippen molar-refractivity contribution in [3.8, 4) is 5.75 Å². The van der Waals surface area contributed by atoms with Crippen molar-refractivity contribution < 1.29 is 14.6 Å². The molecule has 0 aliphatic carbocycles. The lowest BCUT2D eigenvalue weighted by atomic mass is 9.97. The smallest absolute Gasteiger partial charge is 0.306 e. The molecule has 146 valence electrons. The van der Waals surface area contributed by atoms with E-state index in [9.17, 15) is 4.79 Å². The maximum Gasteiger partial charge on any atom is 0.306 e. The highest BCUT2D eigenvalue weighted by molar-refractivity contribution is 7.18. The van der Waals surface area contributed by atoms with Gasteiger partial charge in [-0.3, -0.25) is 9.69 Å². The number of hydrogen-bond donors (Lipinski definition) is 1. The second kappa shape index (κ2) is 8.71. The fraction of sp³-hybridized carbons (Fsp3) is 0.364. The fourth-order valence-corrected chi connectivity index (χ4v) is 4.57. The fourth-order valence-electron chi connectivity index (χ4n) is 3.57. The largest absolute Gasteiger partial charge is 0.492 e. The second-order valence-electron chi connectivity index (χ2n) is 7.20. The molecule has 0 unspecified atom stereocenters. The third-order valence-corrected chi connectivity index (χ3v) is 6.27. The van der Waals surface area contributed by atoms with E-state index in [1.807, 2.05) is 24.3 Å². The summed E-state index contributed by atoms with van der Waals surface area (Å²) < 4.78 is 7.09. The van der Waals surface area contributed by atoms with Gasteiger partial charge in [0.1, 0.15) is 12.4 Å². The molecule has 28 heavy (non-hydrogen) atoms. The van der Waals surface area contributed by atoms with Crippen molar-refractivity contribution in [2.24, 2.45) is 5.92 Å². The summed E-state index contributed by atoms with van der Waals surface area (Å²) in [5.41, 5.74) is 2.29. The lowest BCUT2D eigenvalue weighted by Gasteiger charge is -2.29. The Morgan fingerprint density at radius 1 is 1.14 bits per heavy atom. The second-order valence-corrected chi connectivity index (χ2v) is 8.31. The zero-order valence-electron chi connectivity index (χ0n) is 15.7. The van der Waals surface area contributed by atoms with Crippen molar-refractivity contribution in [2.45, 2.75) is 19.3 Å². The molecule has 2 heterocycles. The van der Waals surface area contributed by atoms with Crippen molar-refractivity contribution in [2.75, 3.05) is 26.2 Å². The average Bonchev–Trinajstić information content (AvgIpc) is 3.12. The van der Waals surface area contributed by atoms with E-state index < -0.39 is 5.97 Å². The van der Waals surface area contributed by atoms with Crippen LogP contribution in [0, 0.1) is 5.92 Å². The molecule has 0 atom stereocenters. The number of fused-ring (bicyclic) bond motifs is 1. The van der Waals surface area contributed by atoms with Gasteiger partial charge in [0, 0.05) is 13.0 Å². The van der Waals surface area contributed by atoms with E-state index in [-0.39, 0.29) is 5.92 Å². The van der Waals surface area contributed by atoms with E-state index in [2.05, 4.69) is 29.2 Å². The topological polar surface area (TPSA) is 62.7 Å². The Morgan fingerprint density at radius 3 is 2.61 bits per heavy atom. The van der Waals surface area contributed by atoms with Crippen molar-refractivity contribution >= 4 is 27.5 Å². The first-order valence-electron chi connectivity index (χ1n) is 9.69. The molecule has 0 spiro atoms. The first kappa shape index (κ1) is 18.9. The van der Waals surface area contributed by atoms with Gasteiger partial charge in [-0.25, -0.2) is 4.98 Å². The number of ether oxygens (including phenoxy) is 1. The SMILES string of the molecule is O=C(O)C1CCN(CCOc2ccc(Cc3nc4ccccc4s3)cc2)CC1. The monoisotopic (exact) mass is 396 g/mol. The van der Waals surface area contributed by atoms with Gasteiger partial charge < -0.3 is 9.84 Å². The lowest BCUT2D eigenvalue weighted by Crippen LogP contribution is -2.38. The Bertz CT molecular complexity index is 897. The van der Waals surface area contributed by atoms with E-state index in [4.69, 9.17) is 14.8 Å². The molecule has 1 aromatic heterocycles. The van der Waals surface area contributed by atoms with Gasteiger partial charge in [-0.1, -0.05) is 24.3 Å². The first-order chi connectivity index (χ1) is 13.7. The standard InChI is InChI=1S/C22H24N2O3S/c25-22(26)17-9-11-24(12-10-17)13-14-27-18-7-5-16(6-8-18)15-21-23-19-3-1-2-4-20(19)28-21/h1-8,17H,9-15H2,(H,25,26). The third-order valence-electron chi connectivity index (χ3n) is 5.23. The number of rotatable bonds is 7. The van der Waals surface area contributed by atoms with Crippen molar-refractivity contribution in [3.63, 3.8) is 0 Å². The molecular weight excluding hydrogens is 372 g/mol. The van der Waals surface area contributed by atoms with Crippen LogP contribution in [0.25, 0.3) is 10.2 Å². The Balaban J connectivity index is 1.24. The Kier molecular flexibility index (Phi) is 5.88. The molecule has 6 heteroatoms. The number of carbonyl (C=O) groups is 1. The van der Waals surface area contributed by atoms with Crippen molar-refractivity contribution in [1.29, 1.82) is 0 Å². The summed E-state index contributed by atoms with van der Waals surface area (Å²) in [6.07, 6.45) is 2.30. The summed E-state index contributed by atoms with van der Waals surface area (Å²) in [7, 11) is 0. The van der Waals surface area contributed by atoms with E-state index in [1.54, 1.807) is 11.3 Å². The number of carboxylic acid groups (broad SMARTS) is 1. The van der Waals surface area contributed by atoms with Gasteiger partial charge in [-0.05, 0) is 55.8 Å². The van der Waals surface area contributed by atoms with Crippen LogP contribution < -0.4 is 4.74 Å². The molecule has 1 fully saturated rings. The molecule has 0 saturated carbocycles. The zero-order chi connectivity index (χ0) is 19.3. The average molecular weight is 397 g/mol. The number of nitrogens with zero attached hydrogens (tertiary/aromatic N) is 2. The molecule has 5 nitrogen and oxygen atoms in total. The van der Waals surface area contributed by atoms with Crippen LogP contribution in [0.3, 0.4) is 0 Å². The molecule has 1 N–H and O–H groups in total. The van der Waals surface area contributed by atoms with Crippen LogP contribution in [-0.2, 0) is 11.2 Å². The summed E-state index contributed by atoms with van der Waals surface area (Å²) in [6.45, 7) is 3.12. The number of aromatic nitrogens is 1. The number of likely N-dealkylation sites (tertiary alicyclic amines) is 1. The molecule has 1 saturated heterocycles. The van der Waals surface area contributed by atoms with Gasteiger partial charge in [0.25, 0.3) is 0 Å². The lowest BCUT2D eigenvalue weighted by molar-refractivity contribution is -0.143. The minimum absolute atomic E-state index is 0.180. The van der Waals surface area contributed by atoms with Crippen molar-refractivity contribution in [1.82, 2.24) is 9.88 Å². The molecule has 0 amide bonds. The number of aliphatic carboxylic acids is 1. The highest BCUT2D eigenvalue weighted by Crippen LogP contribution is 2.24. The molecule has 3 aromatic rings. The summed E-state index contributed by atoms with van der Waals surface area (Å²) in [6, 6.07) is 16.4. The molecule has 4 rings (SSSR count). The van der Waals surface area contributed by atoms with E-state index in [0.29, 0.717) is 6.61 Å². The normalized spacial score (nSPS) is 15.7. The Morgan fingerprint density at radius 2 is 1.89 bits per heavy atom. The van der Waals surface area contributed by atoms with Crippen LogP contribution in [0.2, 0.25) is 0 Å². The first-order valence-corrected chi connectivity index (χ1v) is 10.5. The van der Waals surface area contributed by atoms with Crippen LogP contribution in [0.4, 0.5) is 0 Å². The summed E-state index contributed by atoms with van der Waals surface area (Å²) in [5, 5.41) is 10.2. The summed E-state index contributed by atoms with van der Waals surface area (Å²) >= 11 is 1.74. The molecule has 1 aliphatic heterocycles. The predicted octanol–water partition coefficient (Wildman–Crippen LogP) is 4.06. The number of piperidine rings is 1. The Hall–Kier alpha value is -2.44. The van der Waals surface area contributed by atoms with E-state index in [1.165, 1.54) is 10.3 Å². The maximum absolute atomic E-state index is 11.0. The zero-order valence-corrected chi connectivity index (χ0v) is 16.5. The molecule has 2 aromatic carbocycles. The number of para-hydroxylation sites is 1. The predicted molar refractivity (Wildman–Crippen MR) is 111 cm³/mol. The quantitative estimate of drug-likeness (QED) is 0.652. The molecule has 0 radical (unpaired) electrons. The minimum atomic E-state index is -0.665.